The van der Waals surface area contributed by atoms with Crippen molar-refractivity contribution in [3.05, 3.63) is 66.0 Å². The maximum absolute atomic E-state index is 5.37. The van der Waals surface area contributed by atoms with Crippen LogP contribution in [0.5, 0.6) is 0 Å². The molecule has 0 aliphatic rings. The average molecular weight is 322 g/mol. The van der Waals surface area contributed by atoms with E-state index in [0.29, 0.717) is 6.54 Å². The van der Waals surface area contributed by atoms with Crippen LogP contribution in [0.15, 0.2) is 54.6 Å². The fourth-order valence-electron chi connectivity index (χ4n) is 2.57. The first-order chi connectivity index (χ1) is 11.7. The number of hydrogen-bond donors (Lipinski definition) is 1. The van der Waals surface area contributed by atoms with Gasteiger partial charge in [0.1, 0.15) is 0 Å². The second kappa shape index (κ2) is 7.27. The first kappa shape index (κ1) is 16.2. The van der Waals surface area contributed by atoms with Crippen molar-refractivity contribution in [2.45, 2.75) is 19.6 Å². The molecule has 24 heavy (non-hydrogen) atoms. The van der Waals surface area contributed by atoms with Crippen LogP contribution in [0, 0.1) is 0 Å². The Bertz CT molecular complexity index is 798. The van der Waals surface area contributed by atoms with Crippen LogP contribution in [0.3, 0.4) is 0 Å². The van der Waals surface area contributed by atoms with E-state index in [9.17, 15) is 0 Å². The predicted octanol–water partition coefficient (Wildman–Crippen LogP) is 3.80. The Kier molecular flexibility index (Phi) is 4.91. The van der Waals surface area contributed by atoms with Gasteiger partial charge in [-0.2, -0.15) is 0 Å². The van der Waals surface area contributed by atoms with Crippen LogP contribution in [0.4, 0.5) is 5.69 Å². The summed E-state index contributed by atoms with van der Waals surface area (Å²) >= 11 is 0. The van der Waals surface area contributed by atoms with Crippen LogP contribution in [0.25, 0.3) is 11.4 Å². The maximum atomic E-state index is 5.37. The van der Waals surface area contributed by atoms with Gasteiger partial charge in [0.05, 0.1) is 12.6 Å². The molecule has 124 valence electrons. The van der Waals surface area contributed by atoms with E-state index in [-0.39, 0.29) is 6.10 Å². The summed E-state index contributed by atoms with van der Waals surface area (Å²) < 4.78 is 7.39. The van der Waals surface area contributed by atoms with Crippen LogP contribution in [0.1, 0.15) is 24.4 Å². The minimum Gasteiger partial charge on any atom is -0.378 e. The SMILES string of the molecule is CO[C@@H](C)c1cccc(NCc2nnc(-c3ccccc3)n2C)c1. The van der Waals surface area contributed by atoms with Crippen LogP contribution in [0.2, 0.25) is 0 Å². The van der Waals surface area contributed by atoms with E-state index in [1.807, 2.05) is 61.0 Å². The summed E-state index contributed by atoms with van der Waals surface area (Å²) in [4.78, 5) is 0. The third-order valence-electron chi connectivity index (χ3n) is 4.16. The van der Waals surface area contributed by atoms with E-state index < -0.39 is 0 Å². The number of rotatable bonds is 6. The van der Waals surface area contributed by atoms with Crippen molar-refractivity contribution >= 4 is 5.69 Å². The summed E-state index contributed by atoms with van der Waals surface area (Å²) in [5, 5.41) is 12.0. The molecule has 0 aliphatic heterocycles. The molecule has 1 aromatic heterocycles. The van der Waals surface area contributed by atoms with Gasteiger partial charge in [0.2, 0.25) is 0 Å². The lowest BCUT2D eigenvalue weighted by molar-refractivity contribution is 0.119. The largest absolute Gasteiger partial charge is 0.378 e. The van der Waals surface area contributed by atoms with Gasteiger partial charge in [-0.15, -0.1) is 10.2 Å². The van der Waals surface area contributed by atoms with Crippen LogP contribution in [-0.4, -0.2) is 21.9 Å². The highest BCUT2D eigenvalue weighted by Gasteiger charge is 2.10. The van der Waals surface area contributed by atoms with Crippen molar-refractivity contribution in [3.8, 4) is 11.4 Å². The number of anilines is 1. The molecular formula is C19H22N4O. The lowest BCUT2D eigenvalue weighted by Gasteiger charge is -2.12. The van der Waals surface area contributed by atoms with E-state index in [4.69, 9.17) is 4.74 Å². The fourth-order valence-corrected chi connectivity index (χ4v) is 2.57. The van der Waals surface area contributed by atoms with Crippen molar-refractivity contribution in [1.82, 2.24) is 14.8 Å². The van der Waals surface area contributed by atoms with Crippen LogP contribution < -0.4 is 5.32 Å². The van der Waals surface area contributed by atoms with Crippen molar-refractivity contribution in [1.29, 1.82) is 0 Å². The summed E-state index contributed by atoms with van der Waals surface area (Å²) in [5.41, 5.74) is 3.25. The van der Waals surface area contributed by atoms with Gasteiger partial charge in [-0.25, -0.2) is 0 Å². The summed E-state index contributed by atoms with van der Waals surface area (Å²) in [7, 11) is 3.71. The number of methoxy groups -OCH3 is 1. The number of ether oxygens (including phenoxy) is 1. The number of hydrogen-bond acceptors (Lipinski definition) is 4. The van der Waals surface area contributed by atoms with Gasteiger partial charge >= 0.3 is 0 Å². The van der Waals surface area contributed by atoms with Crippen molar-refractivity contribution in [2.24, 2.45) is 7.05 Å². The zero-order chi connectivity index (χ0) is 16.9. The van der Waals surface area contributed by atoms with Crippen LogP contribution in [-0.2, 0) is 18.3 Å². The van der Waals surface area contributed by atoms with Gasteiger partial charge in [-0.05, 0) is 24.6 Å². The Labute approximate surface area is 142 Å². The summed E-state index contributed by atoms with van der Waals surface area (Å²) in [6, 6.07) is 18.3. The second-order valence-corrected chi connectivity index (χ2v) is 5.72. The fraction of sp³-hybridized carbons (Fsp3) is 0.263. The van der Waals surface area contributed by atoms with E-state index in [2.05, 4.69) is 27.6 Å². The standard InChI is InChI=1S/C19H22N4O/c1-14(24-3)16-10-7-11-17(12-16)20-13-18-21-22-19(23(18)2)15-8-5-4-6-9-15/h4-12,14,20H,13H2,1-3H3/t14-/m0/s1. The van der Waals surface area contributed by atoms with E-state index in [1.54, 1.807) is 7.11 Å². The highest BCUT2D eigenvalue weighted by atomic mass is 16.5. The van der Waals surface area contributed by atoms with Gasteiger partial charge in [-0.3, -0.25) is 0 Å². The lowest BCUT2D eigenvalue weighted by atomic mass is 10.1. The molecule has 0 spiro atoms. The molecule has 3 rings (SSSR count). The Morgan fingerprint density at radius 1 is 1.08 bits per heavy atom. The summed E-state index contributed by atoms with van der Waals surface area (Å²) in [6.45, 7) is 2.65. The molecule has 0 radical (unpaired) electrons. The molecule has 1 atom stereocenters. The average Bonchev–Trinajstić information content (AvgIpc) is 3.01. The summed E-state index contributed by atoms with van der Waals surface area (Å²) in [6.07, 6.45) is 0.0752. The van der Waals surface area contributed by atoms with Gasteiger partial charge < -0.3 is 14.6 Å². The molecule has 5 nitrogen and oxygen atoms in total. The third-order valence-corrected chi connectivity index (χ3v) is 4.16. The molecule has 0 aliphatic carbocycles. The smallest absolute Gasteiger partial charge is 0.163 e. The second-order valence-electron chi connectivity index (χ2n) is 5.72. The molecule has 0 fully saturated rings. The molecule has 0 bridgehead atoms. The monoisotopic (exact) mass is 322 g/mol. The predicted molar refractivity (Wildman–Crippen MR) is 95.6 cm³/mol. The minimum absolute atomic E-state index is 0.0752. The molecule has 0 amide bonds. The molecule has 3 aromatic rings. The molecule has 0 saturated carbocycles. The minimum atomic E-state index is 0.0752. The number of benzene rings is 2. The quantitative estimate of drug-likeness (QED) is 0.750. The lowest BCUT2D eigenvalue weighted by Crippen LogP contribution is -2.07. The van der Waals surface area contributed by atoms with Gasteiger partial charge in [0.15, 0.2) is 11.6 Å². The number of aromatic nitrogens is 3. The molecule has 0 unspecified atom stereocenters. The Morgan fingerprint density at radius 2 is 1.88 bits per heavy atom. The van der Waals surface area contributed by atoms with Crippen molar-refractivity contribution < 1.29 is 4.74 Å². The van der Waals surface area contributed by atoms with E-state index in [0.717, 1.165) is 28.5 Å². The maximum Gasteiger partial charge on any atom is 0.163 e. The normalized spacial score (nSPS) is 12.1. The number of nitrogens with zero attached hydrogens (tertiary/aromatic N) is 3. The molecule has 5 heteroatoms. The highest BCUT2D eigenvalue weighted by Crippen LogP contribution is 2.21. The Hall–Kier alpha value is -2.66. The third kappa shape index (κ3) is 3.46. The van der Waals surface area contributed by atoms with Gasteiger partial charge in [0, 0.05) is 25.4 Å². The molecule has 1 N–H and O–H groups in total. The highest BCUT2D eigenvalue weighted by molar-refractivity contribution is 5.55. The van der Waals surface area contributed by atoms with Gasteiger partial charge in [0.25, 0.3) is 0 Å². The molecule has 1 heterocycles. The molecular weight excluding hydrogens is 300 g/mol. The van der Waals surface area contributed by atoms with E-state index >= 15 is 0 Å². The van der Waals surface area contributed by atoms with Gasteiger partial charge in [-0.1, -0.05) is 42.5 Å². The molecule has 0 saturated heterocycles. The Morgan fingerprint density at radius 3 is 2.62 bits per heavy atom. The molecule has 2 aromatic carbocycles. The number of nitrogens with one attached hydrogen (secondary N) is 1. The zero-order valence-corrected chi connectivity index (χ0v) is 14.2. The first-order valence-corrected chi connectivity index (χ1v) is 7.99. The Balaban J connectivity index is 1.73. The van der Waals surface area contributed by atoms with Crippen molar-refractivity contribution in [2.75, 3.05) is 12.4 Å². The first-order valence-electron chi connectivity index (χ1n) is 7.99. The summed E-state index contributed by atoms with van der Waals surface area (Å²) in [5.74, 6) is 1.76. The van der Waals surface area contributed by atoms with E-state index in [1.165, 1.54) is 0 Å². The van der Waals surface area contributed by atoms with Crippen LogP contribution >= 0.6 is 0 Å². The zero-order valence-electron chi connectivity index (χ0n) is 14.2. The van der Waals surface area contributed by atoms with Crippen molar-refractivity contribution in [3.63, 3.8) is 0 Å². The topological polar surface area (TPSA) is 52.0 Å².